The summed E-state index contributed by atoms with van der Waals surface area (Å²) in [5.41, 5.74) is 1.72. The standard InChI is InChI=1S/C24H18ClF2NO4/c1-14(18-7-6-17(26)12-20(18)27)31-22-8-5-16(25)11-15(22)13-28-10-9-19-21(28)3-2-4-23(19)32-24(29)30/h2-12,14H,13H2,1H3,(H,29,30). The molecule has 3 aromatic carbocycles. The number of rotatable bonds is 6. The molecular weight excluding hydrogens is 440 g/mol. The fourth-order valence-corrected chi connectivity index (χ4v) is 3.77. The Kier molecular flexibility index (Phi) is 6.01. The predicted octanol–water partition coefficient (Wildman–Crippen LogP) is 6.82. The van der Waals surface area contributed by atoms with E-state index in [1.807, 2.05) is 10.6 Å². The topological polar surface area (TPSA) is 60.7 Å². The lowest BCUT2D eigenvalue weighted by Crippen LogP contribution is -2.09. The fourth-order valence-electron chi connectivity index (χ4n) is 3.57. The van der Waals surface area contributed by atoms with Gasteiger partial charge in [0.1, 0.15) is 29.2 Å². The van der Waals surface area contributed by atoms with Gasteiger partial charge in [0, 0.05) is 33.8 Å². The maximum atomic E-state index is 14.2. The molecule has 0 fully saturated rings. The van der Waals surface area contributed by atoms with Crippen molar-refractivity contribution >= 4 is 28.7 Å². The van der Waals surface area contributed by atoms with E-state index in [4.69, 9.17) is 26.2 Å². The van der Waals surface area contributed by atoms with Gasteiger partial charge >= 0.3 is 6.16 Å². The van der Waals surface area contributed by atoms with E-state index in [9.17, 15) is 13.6 Å². The molecule has 4 aromatic rings. The van der Waals surface area contributed by atoms with Crippen LogP contribution in [0, 0.1) is 11.6 Å². The van der Waals surface area contributed by atoms with Crippen LogP contribution in [0.2, 0.25) is 5.02 Å². The minimum Gasteiger partial charge on any atom is -0.486 e. The summed E-state index contributed by atoms with van der Waals surface area (Å²) in [4.78, 5) is 10.9. The molecule has 0 aliphatic heterocycles. The van der Waals surface area contributed by atoms with Gasteiger partial charge in [0.2, 0.25) is 0 Å². The summed E-state index contributed by atoms with van der Waals surface area (Å²) in [6, 6.07) is 15.3. The van der Waals surface area contributed by atoms with Gasteiger partial charge in [-0.2, -0.15) is 0 Å². The van der Waals surface area contributed by atoms with Crippen molar-refractivity contribution in [3.05, 3.63) is 94.6 Å². The second-order valence-corrected chi connectivity index (χ2v) is 7.61. The molecule has 1 heterocycles. The molecule has 8 heteroatoms. The van der Waals surface area contributed by atoms with Crippen molar-refractivity contribution in [2.24, 2.45) is 0 Å². The van der Waals surface area contributed by atoms with Gasteiger partial charge in [-0.3, -0.25) is 0 Å². The summed E-state index contributed by atoms with van der Waals surface area (Å²) in [5, 5.41) is 10.1. The number of ether oxygens (including phenoxy) is 2. The van der Waals surface area contributed by atoms with Gasteiger partial charge in [-0.1, -0.05) is 17.7 Å². The molecule has 4 rings (SSSR count). The molecule has 164 valence electrons. The Labute approximate surface area is 187 Å². The molecule has 0 saturated carbocycles. The van der Waals surface area contributed by atoms with E-state index in [0.29, 0.717) is 22.7 Å². The van der Waals surface area contributed by atoms with Crippen LogP contribution in [0.15, 0.2) is 66.9 Å². The molecule has 5 nitrogen and oxygen atoms in total. The van der Waals surface area contributed by atoms with Crippen molar-refractivity contribution < 1.29 is 28.2 Å². The highest BCUT2D eigenvalue weighted by Gasteiger charge is 2.17. The van der Waals surface area contributed by atoms with Crippen molar-refractivity contribution in [3.8, 4) is 11.5 Å². The second-order valence-electron chi connectivity index (χ2n) is 7.18. The van der Waals surface area contributed by atoms with Gasteiger partial charge in [-0.05, 0) is 55.5 Å². The lowest BCUT2D eigenvalue weighted by atomic mass is 10.1. The smallest absolute Gasteiger partial charge is 0.486 e. The van der Waals surface area contributed by atoms with E-state index in [1.54, 1.807) is 49.5 Å². The molecule has 1 unspecified atom stereocenters. The van der Waals surface area contributed by atoms with Crippen LogP contribution in [0.5, 0.6) is 11.5 Å². The minimum absolute atomic E-state index is 0.231. The average molecular weight is 458 g/mol. The first-order chi connectivity index (χ1) is 15.3. The molecule has 1 atom stereocenters. The van der Waals surface area contributed by atoms with Crippen LogP contribution in [-0.2, 0) is 6.54 Å². The number of fused-ring (bicyclic) bond motifs is 1. The molecule has 1 aromatic heterocycles. The highest BCUT2D eigenvalue weighted by atomic mass is 35.5. The van der Waals surface area contributed by atoms with E-state index in [1.165, 1.54) is 12.1 Å². The number of nitrogens with zero attached hydrogens (tertiary/aromatic N) is 1. The summed E-state index contributed by atoms with van der Waals surface area (Å²) in [6.07, 6.45) is -0.266. The Bertz CT molecular complexity index is 1300. The monoisotopic (exact) mass is 457 g/mol. The quantitative estimate of drug-likeness (QED) is 0.255. The molecule has 0 bridgehead atoms. The highest BCUT2D eigenvalue weighted by molar-refractivity contribution is 6.30. The Balaban J connectivity index is 1.65. The third-order valence-electron chi connectivity index (χ3n) is 5.04. The van der Waals surface area contributed by atoms with Crippen molar-refractivity contribution in [1.82, 2.24) is 4.57 Å². The number of aromatic nitrogens is 1. The summed E-state index contributed by atoms with van der Waals surface area (Å²) >= 11 is 6.20. The van der Waals surface area contributed by atoms with Gasteiger partial charge in [0.15, 0.2) is 0 Å². The number of benzene rings is 3. The molecule has 0 radical (unpaired) electrons. The van der Waals surface area contributed by atoms with Crippen LogP contribution in [0.3, 0.4) is 0 Å². The van der Waals surface area contributed by atoms with E-state index in [-0.39, 0.29) is 11.3 Å². The molecule has 0 saturated heterocycles. The molecule has 0 amide bonds. The first kappa shape index (κ1) is 21.6. The van der Waals surface area contributed by atoms with Gasteiger partial charge in [-0.25, -0.2) is 13.6 Å². The zero-order chi connectivity index (χ0) is 22.8. The maximum Gasteiger partial charge on any atom is 0.511 e. The van der Waals surface area contributed by atoms with Crippen molar-refractivity contribution in [2.75, 3.05) is 0 Å². The van der Waals surface area contributed by atoms with Crippen LogP contribution in [0.1, 0.15) is 24.2 Å². The number of carbonyl (C=O) groups is 1. The number of hydrogen-bond donors (Lipinski definition) is 1. The summed E-state index contributed by atoms with van der Waals surface area (Å²) < 4.78 is 40.2. The zero-order valence-electron chi connectivity index (χ0n) is 16.9. The summed E-state index contributed by atoms with van der Waals surface area (Å²) in [5.74, 6) is -0.617. The minimum atomic E-state index is -1.39. The van der Waals surface area contributed by atoms with Crippen molar-refractivity contribution in [2.45, 2.75) is 19.6 Å². The number of halogens is 3. The normalized spacial score (nSPS) is 12.0. The lowest BCUT2D eigenvalue weighted by molar-refractivity contribution is 0.145. The SMILES string of the molecule is CC(Oc1ccc(Cl)cc1Cn1ccc2c(OC(=O)O)cccc21)c1ccc(F)cc1F. The lowest BCUT2D eigenvalue weighted by Gasteiger charge is -2.19. The zero-order valence-corrected chi connectivity index (χ0v) is 17.6. The Morgan fingerprint density at radius 1 is 1.09 bits per heavy atom. The first-order valence-electron chi connectivity index (χ1n) is 9.70. The Morgan fingerprint density at radius 3 is 2.66 bits per heavy atom. The third kappa shape index (κ3) is 4.53. The molecule has 0 aliphatic carbocycles. The fraction of sp³-hybridized carbons (Fsp3) is 0.125. The number of carboxylic acid groups (broad SMARTS) is 1. The average Bonchev–Trinajstić information content (AvgIpc) is 3.13. The van der Waals surface area contributed by atoms with Crippen LogP contribution >= 0.6 is 11.6 Å². The van der Waals surface area contributed by atoms with Crippen molar-refractivity contribution in [1.29, 1.82) is 0 Å². The highest BCUT2D eigenvalue weighted by Crippen LogP contribution is 2.32. The molecule has 0 spiro atoms. The van der Waals surface area contributed by atoms with Gasteiger partial charge in [0.05, 0.1) is 12.1 Å². The van der Waals surface area contributed by atoms with Crippen LogP contribution in [-0.4, -0.2) is 15.8 Å². The predicted molar refractivity (Wildman–Crippen MR) is 117 cm³/mol. The van der Waals surface area contributed by atoms with Gasteiger partial charge in [-0.15, -0.1) is 0 Å². The Hall–Kier alpha value is -3.58. The van der Waals surface area contributed by atoms with E-state index < -0.39 is 23.9 Å². The molecule has 0 aliphatic rings. The Morgan fingerprint density at radius 2 is 1.91 bits per heavy atom. The van der Waals surface area contributed by atoms with Crippen LogP contribution in [0.25, 0.3) is 10.9 Å². The molecular formula is C24H18ClF2NO4. The van der Waals surface area contributed by atoms with E-state index in [2.05, 4.69) is 0 Å². The summed E-state index contributed by atoms with van der Waals surface area (Å²) in [7, 11) is 0. The van der Waals surface area contributed by atoms with E-state index >= 15 is 0 Å². The molecule has 32 heavy (non-hydrogen) atoms. The number of hydrogen-bond acceptors (Lipinski definition) is 3. The van der Waals surface area contributed by atoms with Gasteiger partial charge < -0.3 is 19.1 Å². The second kappa shape index (κ2) is 8.88. The maximum absolute atomic E-state index is 14.2. The first-order valence-corrected chi connectivity index (χ1v) is 10.1. The van der Waals surface area contributed by atoms with Crippen LogP contribution < -0.4 is 9.47 Å². The van der Waals surface area contributed by atoms with Crippen LogP contribution in [0.4, 0.5) is 13.6 Å². The largest absolute Gasteiger partial charge is 0.511 e. The third-order valence-corrected chi connectivity index (χ3v) is 5.27. The van der Waals surface area contributed by atoms with Crippen molar-refractivity contribution in [3.63, 3.8) is 0 Å². The molecule has 1 N–H and O–H groups in total. The van der Waals surface area contributed by atoms with E-state index in [0.717, 1.165) is 17.1 Å². The van der Waals surface area contributed by atoms with Gasteiger partial charge in [0.25, 0.3) is 0 Å². The summed E-state index contributed by atoms with van der Waals surface area (Å²) in [6.45, 7) is 2.03.